The number of esters is 1. The molecule has 31 heavy (non-hydrogen) atoms. The molecule has 3 nitrogen and oxygen atoms in total. The van der Waals surface area contributed by atoms with Gasteiger partial charge < -0.3 is 9.84 Å². The third kappa shape index (κ3) is 3.81. The predicted octanol–water partition coefficient (Wildman–Crippen LogP) is 6.54. The van der Waals surface area contributed by atoms with Crippen LogP contribution in [-0.2, 0) is 9.53 Å². The van der Waals surface area contributed by atoms with Gasteiger partial charge in [0.25, 0.3) is 0 Å². The summed E-state index contributed by atoms with van der Waals surface area (Å²) in [5.41, 5.74) is 1.27. The molecule has 0 bridgehead atoms. The number of fused-ring (bicyclic) bond motifs is 5. The topological polar surface area (TPSA) is 46.5 Å². The van der Waals surface area contributed by atoms with Gasteiger partial charge in [0, 0.05) is 6.42 Å². The van der Waals surface area contributed by atoms with Gasteiger partial charge in [-0.25, -0.2) is 0 Å². The molecule has 0 saturated heterocycles. The second-order valence-electron chi connectivity index (χ2n) is 12.5. The highest BCUT2D eigenvalue weighted by atomic mass is 16.5. The third-order valence-corrected chi connectivity index (χ3v) is 11.2. The fourth-order valence-electron chi connectivity index (χ4n) is 9.66. The Morgan fingerprint density at radius 3 is 2.45 bits per heavy atom. The van der Waals surface area contributed by atoms with E-state index in [0.717, 1.165) is 42.9 Å². The number of hydrogen-bond acceptors (Lipinski definition) is 3. The molecule has 1 unspecified atom stereocenters. The van der Waals surface area contributed by atoms with Crippen LogP contribution in [0.15, 0.2) is 12.7 Å². The average molecular weight is 431 g/mol. The molecule has 1 N–H and O–H groups in total. The molecule has 4 aliphatic carbocycles. The van der Waals surface area contributed by atoms with Crippen molar-refractivity contribution in [1.29, 1.82) is 0 Å². The smallest absolute Gasteiger partial charge is 0.306 e. The summed E-state index contributed by atoms with van der Waals surface area (Å²) in [6.07, 6.45) is 14.4. The van der Waals surface area contributed by atoms with Crippen LogP contribution in [0.2, 0.25) is 0 Å². The molecule has 4 aliphatic rings. The highest BCUT2D eigenvalue weighted by molar-refractivity contribution is 5.69. The number of ether oxygens (including phenoxy) is 1. The standard InChI is InChI=1S/C28H46O3/c1-6-17-31-25(30)10-7-19(2)22-8-9-23-27(22,4)16-13-24-26(3)15-12-21(29)18-20(26)11-14-28(23,24)5/h6,19-24,29H,1,7-18H2,2-5H3/t19-,20-,21-,22?,23-,24-,26+,27-,28+/m1/s1. The van der Waals surface area contributed by atoms with Crippen LogP contribution < -0.4 is 0 Å². The van der Waals surface area contributed by atoms with E-state index in [2.05, 4.69) is 34.3 Å². The molecule has 0 aromatic carbocycles. The molecule has 9 atom stereocenters. The minimum atomic E-state index is -0.0761. The Balaban J connectivity index is 1.48. The van der Waals surface area contributed by atoms with E-state index in [1.54, 1.807) is 6.08 Å². The van der Waals surface area contributed by atoms with Gasteiger partial charge in [0.05, 0.1) is 6.10 Å². The van der Waals surface area contributed by atoms with Gasteiger partial charge in [0.2, 0.25) is 0 Å². The molecule has 4 fully saturated rings. The molecule has 0 spiro atoms. The Labute approximate surface area is 190 Å². The van der Waals surface area contributed by atoms with Gasteiger partial charge in [-0.2, -0.15) is 0 Å². The number of rotatable bonds is 6. The minimum absolute atomic E-state index is 0.0637. The molecular formula is C28H46O3. The monoisotopic (exact) mass is 430 g/mol. The van der Waals surface area contributed by atoms with E-state index in [1.165, 1.54) is 44.9 Å². The molecule has 0 aromatic heterocycles. The summed E-state index contributed by atoms with van der Waals surface area (Å²) >= 11 is 0. The van der Waals surface area contributed by atoms with Crippen molar-refractivity contribution in [3.63, 3.8) is 0 Å². The van der Waals surface area contributed by atoms with E-state index in [0.29, 0.717) is 35.2 Å². The van der Waals surface area contributed by atoms with Crippen LogP contribution >= 0.6 is 0 Å². The van der Waals surface area contributed by atoms with Crippen LogP contribution in [-0.4, -0.2) is 23.8 Å². The quantitative estimate of drug-likeness (QED) is 0.384. The van der Waals surface area contributed by atoms with Crippen molar-refractivity contribution in [2.75, 3.05) is 6.61 Å². The van der Waals surface area contributed by atoms with Crippen molar-refractivity contribution < 1.29 is 14.6 Å². The molecule has 4 rings (SSSR count). The second-order valence-corrected chi connectivity index (χ2v) is 12.5. The summed E-state index contributed by atoms with van der Waals surface area (Å²) in [4.78, 5) is 12.0. The normalized spacial score (nSPS) is 47.6. The number of carbonyl (C=O) groups is 1. The molecule has 176 valence electrons. The molecule has 0 heterocycles. The Bertz CT molecular complexity index is 688. The Kier molecular flexibility index (Phi) is 6.40. The van der Waals surface area contributed by atoms with Crippen LogP contribution in [0.25, 0.3) is 0 Å². The van der Waals surface area contributed by atoms with Crippen molar-refractivity contribution in [2.24, 2.45) is 45.8 Å². The first-order chi connectivity index (χ1) is 14.6. The molecular weight excluding hydrogens is 384 g/mol. The molecule has 3 heteroatoms. The first-order valence-corrected chi connectivity index (χ1v) is 13.1. The van der Waals surface area contributed by atoms with Crippen molar-refractivity contribution in [3.05, 3.63) is 12.7 Å². The SMILES string of the molecule is C=CCOC(=O)CC[C@@H](C)C1CC[C@H]2[C@]3(C)CC[C@@H]4C[C@H](O)CC[C@]4(C)[C@H]3CC[C@]12C. The first-order valence-electron chi connectivity index (χ1n) is 13.1. The Morgan fingerprint density at radius 1 is 1.03 bits per heavy atom. The number of aliphatic hydroxyl groups is 1. The maximum Gasteiger partial charge on any atom is 0.306 e. The highest BCUT2D eigenvalue weighted by Gasteiger charge is 2.65. The summed E-state index contributed by atoms with van der Waals surface area (Å²) < 4.78 is 5.22. The van der Waals surface area contributed by atoms with Gasteiger partial charge >= 0.3 is 5.97 Å². The molecule has 0 aromatic rings. The van der Waals surface area contributed by atoms with Crippen LogP contribution in [0.3, 0.4) is 0 Å². The summed E-state index contributed by atoms with van der Waals surface area (Å²) in [7, 11) is 0. The molecule has 0 amide bonds. The maximum atomic E-state index is 12.0. The van der Waals surface area contributed by atoms with E-state index < -0.39 is 0 Å². The van der Waals surface area contributed by atoms with Crippen LogP contribution in [0.1, 0.15) is 98.3 Å². The zero-order chi connectivity index (χ0) is 22.4. The van der Waals surface area contributed by atoms with Gasteiger partial charge in [0.15, 0.2) is 0 Å². The fourth-order valence-corrected chi connectivity index (χ4v) is 9.66. The number of hydrogen-bond donors (Lipinski definition) is 1. The third-order valence-electron chi connectivity index (χ3n) is 11.2. The second kappa shape index (κ2) is 8.50. The summed E-state index contributed by atoms with van der Waals surface area (Å²) in [6.45, 7) is 14.2. The van der Waals surface area contributed by atoms with Gasteiger partial charge in [-0.05, 0) is 110 Å². The first kappa shape index (κ1) is 23.3. The van der Waals surface area contributed by atoms with E-state index in [4.69, 9.17) is 4.74 Å². The van der Waals surface area contributed by atoms with Crippen molar-refractivity contribution >= 4 is 5.97 Å². The van der Waals surface area contributed by atoms with Crippen LogP contribution in [0.5, 0.6) is 0 Å². The van der Waals surface area contributed by atoms with Crippen LogP contribution in [0.4, 0.5) is 0 Å². The van der Waals surface area contributed by atoms with E-state index >= 15 is 0 Å². The van der Waals surface area contributed by atoms with Gasteiger partial charge in [-0.15, -0.1) is 0 Å². The Morgan fingerprint density at radius 2 is 1.71 bits per heavy atom. The summed E-state index contributed by atoms with van der Waals surface area (Å²) in [6, 6.07) is 0. The van der Waals surface area contributed by atoms with Crippen LogP contribution in [0, 0.1) is 45.8 Å². The lowest BCUT2D eigenvalue weighted by atomic mass is 9.39. The highest BCUT2D eigenvalue weighted by Crippen LogP contribution is 2.73. The lowest BCUT2D eigenvalue weighted by Gasteiger charge is -2.66. The largest absolute Gasteiger partial charge is 0.461 e. The Hall–Kier alpha value is -0.830. The van der Waals surface area contributed by atoms with E-state index in [9.17, 15) is 9.90 Å². The zero-order valence-electron chi connectivity index (χ0n) is 20.5. The fraction of sp³-hybridized carbons (Fsp3) is 0.893. The van der Waals surface area contributed by atoms with E-state index in [1.807, 2.05) is 0 Å². The average Bonchev–Trinajstić information content (AvgIpc) is 3.09. The number of carbonyl (C=O) groups excluding carboxylic acids is 1. The maximum absolute atomic E-state index is 12.0. The minimum Gasteiger partial charge on any atom is -0.461 e. The summed E-state index contributed by atoms with van der Waals surface area (Å²) in [5.74, 6) is 3.56. The van der Waals surface area contributed by atoms with E-state index in [-0.39, 0.29) is 12.1 Å². The van der Waals surface area contributed by atoms with Crippen molar-refractivity contribution in [1.82, 2.24) is 0 Å². The predicted molar refractivity (Wildman–Crippen MR) is 125 cm³/mol. The summed E-state index contributed by atoms with van der Waals surface area (Å²) in [5, 5.41) is 10.3. The van der Waals surface area contributed by atoms with Crippen molar-refractivity contribution in [2.45, 2.75) is 104 Å². The molecule has 0 aliphatic heterocycles. The number of aliphatic hydroxyl groups excluding tert-OH is 1. The lowest BCUT2D eigenvalue weighted by Crippen LogP contribution is -2.59. The molecule has 4 saturated carbocycles. The van der Waals surface area contributed by atoms with Gasteiger partial charge in [0.1, 0.15) is 6.61 Å². The van der Waals surface area contributed by atoms with Gasteiger partial charge in [-0.3, -0.25) is 4.79 Å². The zero-order valence-corrected chi connectivity index (χ0v) is 20.5. The van der Waals surface area contributed by atoms with Gasteiger partial charge in [-0.1, -0.05) is 40.3 Å². The van der Waals surface area contributed by atoms with Crippen molar-refractivity contribution in [3.8, 4) is 0 Å². The lowest BCUT2D eigenvalue weighted by molar-refractivity contribution is -0.176. The molecule has 0 radical (unpaired) electrons.